The maximum atomic E-state index is 13.5. The number of fused-ring (bicyclic) bond motifs is 4. The summed E-state index contributed by atoms with van der Waals surface area (Å²) in [6, 6.07) is 4.78. The minimum atomic E-state index is -1.10. The van der Waals surface area contributed by atoms with Gasteiger partial charge < -0.3 is 14.9 Å². The van der Waals surface area contributed by atoms with Gasteiger partial charge in [0.05, 0.1) is 24.5 Å². The van der Waals surface area contributed by atoms with Crippen LogP contribution in [-0.4, -0.2) is 51.0 Å². The van der Waals surface area contributed by atoms with Crippen molar-refractivity contribution >= 4 is 29.4 Å². The van der Waals surface area contributed by atoms with Gasteiger partial charge in [-0.05, 0) is 55.5 Å². The lowest BCUT2D eigenvalue weighted by Gasteiger charge is -2.43. The Labute approximate surface area is 217 Å². The second-order valence-corrected chi connectivity index (χ2v) is 10.5. The van der Waals surface area contributed by atoms with Gasteiger partial charge >= 0.3 is 5.97 Å². The molecule has 0 bridgehead atoms. The Morgan fingerprint density at radius 2 is 1.92 bits per heavy atom. The maximum Gasteiger partial charge on any atom is 0.305 e. The van der Waals surface area contributed by atoms with E-state index in [1.807, 2.05) is 6.08 Å². The molecule has 2 aliphatic heterocycles. The van der Waals surface area contributed by atoms with Crippen molar-refractivity contribution in [2.24, 2.45) is 23.7 Å². The van der Waals surface area contributed by atoms with Crippen molar-refractivity contribution in [3.63, 3.8) is 0 Å². The second kappa shape index (κ2) is 8.65. The van der Waals surface area contributed by atoms with Crippen LogP contribution in [0.15, 0.2) is 64.5 Å². The van der Waals surface area contributed by atoms with Crippen molar-refractivity contribution in [2.45, 2.75) is 32.6 Å². The number of allylic oxidation sites excluding steroid dienone is 7. The molecule has 3 aliphatic carbocycles. The van der Waals surface area contributed by atoms with Crippen molar-refractivity contribution in [1.29, 1.82) is 0 Å². The van der Waals surface area contributed by atoms with Gasteiger partial charge in [-0.25, -0.2) is 0 Å². The Kier molecular flexibility index (Phi) is 5.48. The summed E-state index contributed by atoms with van der Waals surface area (Å²) in [4.78, 5) is 65.4. The smallest absolute Gasteiger partial charge is 0.305 e. The average Bonchev–Trinajstić information content (AvgIpc) is 3.13. The normalized spacial score (nSPS) is 28.0. The lowest BCUT2D eigenvalue weighted by molar-refractivity contribution is -0.142. The van der Waals surface area contributed by atoms with Crippen LogP contribution in [0, 0.1) is 23.7 Å². The summed E-state index contributed by atoms with van der Waals surface area (Å²) in [5.41, 5.74) is 3.33. The first-order valence-electron chi connectivity index (χ1n) is 12.6. The molecule has 1 aromatic rings. The molecule has 194 valence electrons. The first-order chi connectivity index (χ1) is 18.2. The highest BCUT2D eigenvalue weighted by atomic mass is 16.5. The summed E-state index contributed by atoms with van der Waals surface area (Å²) >= 11 is 0. The van der Waals surface area contributed by atoms with E-state index in [2.05, 4.69) is 0 Å². The number of phenols is 1. The SMILES string of the molecule is CC1=CC(=O)C2=C(C1=O)[C@@H](C1=COc3ccc(O)cc3C1)C1=CC[C@@H]3C(=O)N(CCC(=O)O)C(=O)[C@@H]3[C@@H]1C2. The van der Waals surface area contributed by atoms with Gasteiger partial charge in [0.2, 0.25) is 11.8 Å². The third-order valence-corrected chi connectivity index (χ3v) is 8.35. The topological polar surface area (TPSA) is 138 Å². The van der Waals surface area contributed by atoms with E-state index in [1.165, 1.54) is 12.1 Å². The summed E-state index contributed by atoms with van der Waals surface area (Å²) in [5, 5.41) is 19.1. The number of aromatic hydroxyl groups is 1. The summed E-state index contributed by atoms with van der Waals surface area (Å²) in [6.45, 7) is 1.41. The molecule has 5 aliphatic rings. The number of ketones is 2. The number of benzene rings is 1. The van der Waals surface area contributed by atoms with Gasteiger partial charge in [-0.15, -0.1) is 0 Å². The molecule has 0 saturated carbocycles. The fraction of sp³-hybridized carbons (Fsp3) is 0.345. The zero-order valence-corrected chi connectivity index (χ0v) is 20.6. The van der Waals surface area contributed by atoms with Crippen LogP contribution in [0.25, 0.3) is 0 Å². The number of aliphatic carboxylic acids is 1. The Morgan fingerprint density at radius 3 is 2.68 bits per heavy atom. The number of hydrogen-bond acceptors (Lipinski definition) is 7. The van der Waals surface area contributed by atoms with Crippen LogP contribution in [0.2, 0.25) is 0 Å². The maximum absolute atomic E-state index is 13.5. The Balaban J connectivity index is 1.44. The fourth-order valence-corrected chi connectivity index (χ4v) is 6.66. The van der Waals surface area contributed by atoms with E-state index < -0.39 is 35.5 Å². The van der Waals surface area contributed by atoms with E-state index in [9.17, 15) is 29.1 Å². The number of phenolic OH excluding ortho intramolecular Hbond substituents is 1. The predicted octanol–water partition coefficient (Wildman–Crippen LogP) is 2.65. The van der Waals surface area contributed by atoms with Gasteiger partial charge in [-0.1, -0.05) is 11.6 Å². The van der Waals surface area contributed by atoms with Crippen LogP contribution < -0.4 is 4.74 Å². The molecule has 0 radical (unpaired) electrons. The molecule has 1 saturated heterocycles. The highest BCUT2D eigenvalue weighted by Crippen LogP contribution is 2.54. The molecule has 2 N–H and O–H groups in total. The number of likely N-dealkylation sites (tertiary alicyclic amines) is 1. The lowest BCUT2D eigenvalue weighted by Crippen LogP contribution is -2.41. The molecule has 0 aromatic heterocycles. The van der Waals surface area contributed by atoms with Crippen LogP contribution in [0.1, 0.15) is 31.7 Å². The first kappa shape index (κ1) is 24.1. The number of hydrogen-bond donors (Lipinski definition) is 2. The molecule has 0 unspecified atom stereocenters. The standard InChI is InChI=1S/C29H25NO8/c1-13-8-21(32)20-11-19-17(3-4-18-25(19)29(37)30(28(18)36)7-6-23(33)34)24(26(20)27(13)35)15-9-14-10-16(31)2-5-22(14)38-12-15/h2-3,5,8,10,12,18-19,24-25,31H,4,6-7,9,11H2,1H3,(H,33,34)/t18-,19+,24-,25-/m0/s1. The molecule has 0 spiro atoms. The van der Waals surface area contributed by atoms with Crippen molar-refractivity contribution in [2.75, 3.05) is 6.54 Å². The van der Waals surface area contributed by atoms with E-state index in [0.29, 0.717) is 28.9 Å². The van der Waals surface area contributed by atoms with Gasteiger partial charge in [-0.3, -0.25) is 28.9 Å². The number of carbonyl (C=O) groups is 5. The van der Waals surface area contributed by atoms with Gasteiger partial charge in [0.15, 0.2) is 11.6 Å². The van der Waals surface area contributed by atoms with Crippen LogP contribution in [0.3, 0.4) is 0 Å². The van der Waals surface area contributed by atoms with E-state index in [-0.39, 0.29) is 49.0 Å². The number of carboxylic acid groups (broad SMARTS) is 1. The number of rotatable bonds is 4. The van der Waals surface area contributed by atoms with Gasteiger partial charge in [0, 0.05) is 41.2 Å². The second-order valence-electron chi connectivity index (χ2n) is 10.5. The summed E-state index contributed by atoms with van der Waals surface area (Å²) < 4.78 is 5.87. The number of amides is 2. The van der Waals surface area contributed by atoms with Crippen molar-refractivity contribution in [1.82, 2.24) is 4.90 Å². The molecule has 1 fully saturated rings. The van der Waals surface area contributed by atoms with Crippen LogP contribution >= 0.6 is 0 Å². The van der Waals surface area contributed by atoms with E-state index in [4.69, 9.17) is 9.84 Å². The summed E-state index contributed by atoms with van der Waals surface area (Å²) in [6.07, 6.45) is 5.29. The summed E-state index contributed by atoms with van der Waals surface area (Å²) in [7, 11) is 0. The van der Waals surface area contributed by atoms with Crippen LogP contribution in [-0.2, 0) is 30.4 Å². The van der Waals surface area contributed by atoms with Crippen LogP contribution in [0.5, 0.6) is 11.5 Å². The highest BCUT2D eigenvalue weighted by Gasteiger charge is 2.56. The largest absolute Gasteiger partial charge is 0.508 e. The van der Waals surface area contributed by atoms with Crippen molar-refractivity contribution in [3.05, 3.63) is 70.0 Å². The third kappa shape index (κ3) is 3.56. The van der Waals surface area contributed by atoms with E-state index in [1.54, 1.807) is 25.3 Å². The zero-order valence-electron chi connectivity index (χ0n) is 20.6. The van der Waals surface area contributed by atoms with E-state index >= 15 is 0 Å². The van der Waals surface area contributed by atoms with Gasteiger partial charge in [-0.2, -0.15) is 0 Å². The molecule has 4 atom stereocenters. The van der Waals surface area contributed by atoms with Gasteiger partial charge in [0.1, 0.15) is 11.5 Å². The monoisotopic (exact) mass is 515 g/mol. The minimum Gasteiger partial charge on any atom is -0.508 e. The molecule has 38 heavy (non-hydrogen) atoms. The quantitative estimate of drug-likeness (QED) is 0.355. The number of Topliss-reactive ketones (excluding diaryl/α,β-unsaturated/α-hetero) is 1. The van der Waals surface area contributed by atoms with E-state index in [0.717, 1.165) is 21.6 Å². The van der Waals surface area contributed by atoms with Crippen LogP contribution in [0.4, 0.5) is 0 Å². The molecule has 1 aromatic carbocycles. The molecule has 2 heterocycles. The molecule has 9 nitrogen and oxygen atoms in total. The fourth-order valence-electron chi connectivity index (χ4n) is 6.66. The molecule has 9 heteroatoms. The first-order valence-corrected chi connectivity index (χ1v) is 12.6. The zero-order chi connectivity index (χ0) is 26.9. The minimum absolute atomic E-state index is 0.0777. The predicted molar refractivity (Wildman–Crippen MR) is 132 cm³/mol. The van der Waals surface area contributed by atoms with Crippen molar-refractivity contribution < 1.29 is 38.9 Å². The summed E-state index contributed by atoms with van der Waals surface area (Å²) in [5.74, 6) is -4.23. The molecule has 2 amide bonds. The average molecular weight is 516 g/mol. The number of imide groups is 1. The molecular formula is C29H25NO8. The lowest BCUT2D eigenvalue weighted by atomic mass is 9.58. The highest BCUT2D eigenvalue weighted by molar-refractivity contribution is 6.23. The molecule has 6 rings (SSSR count). The Hall–Kier alpha value is -4.27. The number of carboxylic acids is 1. The van der Waals surface area contributed by atoms with Gasteiger partial charge in [0.25, 0.3) is 0 Å². The molecular weight excluding hydrogens is 490 g/mol. The van der Waals surface area contributed by atoms with Crippen molar-refractivity contribution in [3.8, 4) is 11.5 Å². The number of nitrogens with zero attached hydrogens (tertiary/aromatic N) is 1. The Bertz CT molecular complexity index is 1470. The number of ether oxygens (including phenoxy) is 1. The third-order valence-electron chi connectivity index (χ3n) is 8.35. The Morgan fingerprint density at radius 1 is 1.13 bits per heavy atom. The number of carbonyl (C=O) groups excluding carboxylic acids is 4.